The number of nitrogens with zero attached hydrogens (tertiary/aromatic N) is 8. The van der Waals surface area contributed by atoms with Crippen molar-refractivity contribution in [1.29, 1.82) is 0 Å². The maximum Gasteiger partial charge on any atom is 1.00 e. The van der Waals surface area contributed by atoms with Gasteiger partial charge in [0.2, 0.25) is 0 Å². The van der Waals surface area contributed by atoms with Crippen molar-refractivity contribution in [3.63, 3.8) is 0 Å². The van der Waals surface area contributed by atoms with Gasteiger partial charge in [0.05, 0.1) is 0 Å². The van der Waals surface area contributed by atoms with Crippen LogP contribution in [-0.4, -0.2) is 0 Å². The fourth-order valence-corrected chi connectivity index (χ4v) is 4.52. The van der Waals surface area contributed by atoms with E-state index in [-0.39, 0.29) is 58.5 Å². The van der Waals surface area contributed by atoms with Gasteiger partial charge in [0.15, 0.2) is 0 Å². The van der Waals surface area contributed by atoms with Gasteiger partial charge in [-0.2, -0.15) is 0 Å². The van der Waals surface area contributed by atoms with Crippen molar-refractivity contribution in [2.45, 2.75) is 79.1 Å². The molecular weight excluding hydrogens is 580 g/mol. The Hall–Kier alpha value is -2.57. The minimum absolute atomic E-state index is 0. The van der Waals surface area contributed by atoms with Gasteiger partial charge in [-0.25, -0.2) is 0 Å². The van der Waals surface area contributed by atoms with Crippen molar-refractivity contribution < 1.29 is 34.8 Å². The van der Waals surface area contributed by atoms with Crippen LogP contribution in [-0.2, 0) is 22.4 Å². The summed E-state index contributed by atoms with van der Waals surface area (Å²) in [5, 5.41) is 7.79. The summed E-state index contributed by atoms with van der Waals surface area (Å²) in [6, 6.07) is 7.96. The van der Waals surface area contributed by atoms with Crippen molar-refractivity contribution in [2.75, 3.05) is 9.80 Å². The smallest absolute Gasteiger partial charge is 1.00 e. The molecule has 0 saturated carbocycles. The first-order valence-electron chi connectivity index (χ1n) is 12.1. The van der Waals surface area contributed by atoms with Crippen LogP contribution in [0.5, 0.6) is 0 Å². The van der Waals surface area contributed by atoms with Crippen LogP contribution in [0.25, 0.3) is 20.9 Å². The third kappa shape index (κ3) is 7.05. The van der Waals surface area contributed by atoms with E-state index in [2.05, 4.69) is 104 Å². The molecule has 10 heteroatoms. The predicted molar refractivity (Wildman–Crippen MR) is 145 cm³/mol. The first-order chi connectivity index (χ1) is 16.6. The Morgan fingerprint density at radius 2 is 0.892 bits per heavy atom. The molecule has 0 radical (unpaired) electrons. The second kappa shape index (κ2) is 13.8. The summed E-state index contributed by atoms with van der Waals surface area (Å²) < 4.78 is 0. The fourth-order valence-electron chi connectivity index (χ4n) is 4.52. The molecule has 2 aromatic rings. The Kier molecular flexibility index (Phi) is 12.1. The standard InChI is InChI=1S/C27H35N8.Ag.ClH/c1-16(2)22-11-20(30-32-28)12-23(17(3)4)26(22)34-9-10-35(15-34)27-24(18(5)6)13-21(31-33-29)14-25(27)19(7)8;;/h9-19H,1-8H3;;1H/q-1;+1;/p-1. The minimum Gasteiger partial charge on any atom is -1.00 e. The van der Waals surface area contributed by atoms with Crippen LogP contribution in [0.4, 0.5) is 22.7 Å². The Morgan fingerprint density at radius 1 is 0.622 bits per heavy atom. The zero-order valence-electron chi connectivity index (χ0n) is 22.6. The summed E-state index contributed by atoms with van der Waals surface area (Å²) in [4.78, 5) is 10.4. The van der Waals surface area contributed by atoms with Gasteiger partial charge >= 0.3 is 22.4 Å². The van der Waals surface area contributed by atoms with Crippen molar-refractivity contribution in [1.82, 2.24) is 0 Å². The van der Waals surface area contributed by atoms with Crippen LogP contribution in [0.15, 0.2) is 46.9 Å². The molecule has 2 aromatic carbocycles. The molecule has 0 unspecified atom stereocenters. The SMILES string of the molecule is CC(C)c1cc(N=[N+]=[N-])cc(C(C)C)c1N1C=CN(c2c(C(C)C)cc(N=[N+]=[N-])cc2C(C)C)[CH-]1.[Ag+].[Cl-]. The molecular formula is C27H35AgClN8-. The molecule has 3 rings (SSSR count). The zero-order chi connectivity index (χ0) is 25.9. The average Bonchev–Trinajstić information content (AvgIpc) is 3.27. The number of hydrogen-bond donors (Lipinski definition) is 0. The summed E-state index contributed by atoms with van der Waals surface area (Å²) in [5.41, 5.74) is 26.1. The van der Waals surface area contributed by atoms with Gasteiger partial charge < -0.3 is 22.2 Å². The molecule has 0 saturated heterocycles. The Balaban J connectivity index is 0.00000342. The van der Waals surface area contributed by atoms with Crippen molar-refractivity contribution >= 4 is 22.7 Å². The molecule has 8 nitrogen and oxygen atoms in total. The quantitative estimate of drug-likeness (QED) is 0.105. The monoisotopic (exact) mass is 613 g/mol. The van der Waals surface area contributed by atoms with E-state index in [1.165, 1.54) is 0 Å². The van der Waals surface area contributed by atoms with E-state index in [1.807, 2.05) is 24.3 Å². The van der Waals surface area contributed by atoms with Gasteiger partial charge in [0.25, 0.3) is 0 Å². The second-order valence-corrected chi connectivity index (χ2v) is 10.2. The third-order valence-corrected chi connectivity index (χ3v) is 6.27. The molecule has 1 aliphatic heterocycles. The number of rotatable bonds is 8. The van der Waals surface area contributed by atoms with E-state index in [1.54, 1.807) is 0 Å². The van der Waals surface area contributed by atoms with Gasteiger partial charge in [0, 0.05) is 32.6 Å². The number of halogens is 1. The Labute approximate surface area is 242 Å². The number of benzene rings is 2. The minimum atomic E-state index is 0. The fraction of sp³-hybridized carbons (Fsp3) is 0.444. The van der Waals surface area contributed by atoms with E-state index in [0.29, 0.717) is 11.4 Å². The van der Waals surface area contributed by atoms with Crippen LogP contribution < -0.4 is 22.2 Å². The van der Waals surface area contributed by atoms with Crippen molar-refractivity contribution in [3.8, 4) is 0 Å². The van der Waals surface area contributed by atoms with Crippen molar-refractivity contribution in [2.24, 2.45) is 10.2 Å². The van der Waals surface area contributed by atoms with E-state index >= 15 is 0 Å². The molecule has 1 aliphatic rings. The first-order valence-corrected chi connectivity index (χ1v) is 12.1. The van der Waals surface area contributed by atoms with Gasteiger partial charge in [-0.05, 0) is 93.7 Å². The van der Waals surface area contributed by atoms with Crippen LogP contribution in [0.3, 0.4) is 0 Å². The topological polar surface area (TPSA) is 104 Å². The van der Waals surface area contributed by atoms with E-state index in [0.717, 1.165) is 33.6 Å². The Morgan fingerprint density at radius 3 is 1.11 bits per heavy atom. The molecule has 0 bridgehead atoms. The molecule has 0 atom stereocenters. The summed E-state index contributed by atoms with van der Waals surface area (Å²) in [6.45, 7) is 19.4. The molecule has 37 heavy (non-hydrogen) atoms. The Bertz CT molecular complexity index is 1070. The van der Waals surface area contributed by atoms with E-state index in [4.69, 9.17) is 11.1 Å². The molecule has 1 heterocycles. The van der Waals surface area contributed by atoms with Gasteiger partial charge in [-0.3, -0.25) is 0 Å². The number of azide groups is 2. The van der Waals surface area contributed by atoms with Crippen LogP contribution >= 0.6 is 0 Å². The molecule has 0 N–H and O–H groups in total. The maximum atomic E-state index is 9.01. The molecule has 0 aliphatic carbocycles. The van der Waals surface area contributed by atoms with E-state index < -0.39 is 0 Å². The van der Waals surface area contributed by atoms with E-state index in [9.17, 15) is 0 Å². The largest absolute Gasteiger partial charge is 1.00 e. The molecule has 202 valence electrons. The first kappa shape index (κ1) is 32.5. The van der Waals surface area contributed by atoms with Crippen LogP contribution in [0.1, 0.15) is 101 Å². The normalized spacial score (nSPS) is 12.5. The number of hydrogen-bond acceptors (Lipinski definition) is 4. The van der Waals surface area contributed by atoms with Crippen LogP contribution in [0.2, 0.25) is 0 Å². The second-order valence-electron chi connectivity index (χ2n) is 10.2. The summed E-state index contributed by atoms with van der Waals surface area (Å²) in [6.07, 6.45) is 4.16. The molecule has 0 amide bonds. The van der Waals surface area contributed by atoms with Crippen LogP contribution in [0, 0.1) is 6.67 Å². The predicted octanol–water partition coefficient (Wildman–Crippen LogP) is 6.98. The summed E-state index contributed by atoms with van der Waals surface area (Å²) in [5.74, 6) is 0.973. The molecule has 0 fully saturated rings. The van der Waals surface area contributed by atoms with Gasteiger partial charge in [-0.15, -0.1) is 6.67 Å². The summed E-state index contributed by atoms with van der Waals surface area (Å²) >= 11 is 0. The maximum absolute atomic E-state index is 9.01. The van der Waals surface area contributed by atoms with Gasteiger partial charge in [-0.1, -0.05) is 65.6 Å². The number of anilines is 2. The van der Waals surface area contributed by atoms with Gasteiger partial charge in [0.1, 0.15) is 0 Å². The third-order valence-electron chi connectivity index (χ3n) is 6.27. The van der Waals surface area contributed by atoms with Crippen molar-refractivity contribution in [3.05, 3.63) is 86.5 Å². The average molecular weight is 615 g/mol. The molecule has 0 spiro atoms. The molecule has 0 aromatic heterocycles. The zero-order valence-corrected chi connectivity index (χ0v) is 24.8. The summed E-state index contributed by atoms with van der Waals surface area (Å²) in [7, 11) is 0.